The molecule has 0 unspecified atom stereocenters. The molecule has 2 aromatic rings. The number of anilines is 1. The molecule has 0 bridgehead atoms. The molecule has 130 valence electrons. The molecule has 0 aliphatic heterocycles. The Morgan fingerprint density at radius 1 is 1.28 bits per heavy atom. The molecule has 1 fully saturated rings. The average Bonchev–Trinajstić information content (AvgIpc) is 3.12. The molecule has 8 heteroatoms. The molecular weight excluding hydrogens is 324 g/mol. The highest BCUT2D eigenvalue weighted by atomic mass is 16.6. The maximum atomic E-state index is 13.1. The minimum absolute atomic E-state index is 0.0338. The summed E-state index contributed by atoms with van der Waals surface area (Å²) in [7, 11) is 1.48. The van der Waals surface area contributed by atoms with Gasteiger partial charge in [0.25, 0.3) is 17.2 Å². The van der Waals surface area contributed by atoms with Crippen LogP contribution < -0.4 is 10.5 Å². The lowest BCUT2D eigenvalue weighted by molar-refractivity contribution is -0.384. The van der Waals surface area contributed by atoms with E-state index >= 15 is 0 Å². The van der Waals surface area contributed by atoms with Crippen molar-refractivity contribution in [3.63, 3.8) is 0 Å². The summed E-state index contributed by atoms with van der Waals surface area (Å²) in [6.45, 7) is 0. The normalized spacial score (nSPS) is 14.4. The Labute approximate surface area is 143 Å². The Bertz CT molecular complexity index is 871. The number of carbonyl (C=O) groups excluding carboxylic acids is 1. The van der Waals surface area contributed by atoms with Crippen LogP contribution in [0.4, 0.5) is 11.4 Å². The van der Waals surface area contributed by atoms with Gasteiger partial charge in [0.05, 0.1) is 10.6 Å². The fourth-order valence-corrected chi connectivity index (χ4v) is 3.15. The molecule has 8 nitrogen and oxygen atoms in total. The van der Waals surface area contributed by atoms with Gasteiger partial charge in [-0.05, 0) is 25.0 Å². The van der Waals surface area contributed by atoms with E-state index < -0.39 is 4.92 Å². The van der Waals surface area contributed by atoms with Crippen molar-refractivity contribution in [2.75, 3.05) is 4.90 Å². The lowest BCUT2D eigenvalue weighted by atomic mass is 10.1. The van der Waals surface area contributed by atoms with Gasteiger partial charge in [-0.25, -0.2) is 4.68 Å². The molecular formula is C17H18N4O4. The van der Waals surface area contributed by atoms with Crippen LogP contribution in [0.1, 0.15) is 36.2 Å². The SMILES string of the molecule is Cn1nc(C(=O)N(c2cccc([N+](=O)[O-])c2)C2CCCC2)ccc1=O. The van der Waals surface area contributed by atoms with Crippen LogP contribution in [-0.4, -0.2) is 26.7 Å². The number of nitro groups is 1. The Kier molecular flexibility index (Phi) is 4.60. The Morgan fingerprint density at radius 3 is 2.64 bits per heavy atom. The number of amides is 1. The van der Waals surface area contributed by atoms with Gasteiger partial charge in [-0.2, -0.15) is 5.10 Å². The monoisotopic (exact) mass is 342 g/mol. The Balaban J connectivity index is 2.04. The third-order valence-corrected chi connectivity index (χ3v) is 4.41. The molecule has 1 aliphatic carbocycles. The first-order valence-electron chi connectivity index (χ1n) is 8.10. The minimum atomic E-state index is -0.481. The van der Waals surface area contributed by atoms with E-state index in [0.717, 1.165) is 30.4 Å². The largest absolute Gasteiger partial charge is 0.304 e. The molecule has 1 saturated carbocycles. The first kappa shape index (κ1) is 16.8. The van der Waals surface area contributed by atoms with Crippen LogP contribution in [0, 0.1) is 10.1 Å². The lowest BCUT2D eigenvalue weighted by Gasteiger charge is -2.28. The predicted octanol–water partition coefficient (Wildman–Crippen LogP) is 2.28. The molecule has 1 aromatic carbocycles. The van der Waals surface area contributed by atoms with Crippen LogP contribution in [-0.2, 0) is 7.05 Å². The van der Waals surface area contributed by atoms with E-state index in [4.69, 9.17) is 0 Å². The molecule has 1 amide bonds. The number of hydrogen-bond donors (Lipinski definition) is 0. The van der Waals surface area contributed by atoms with Crippen molar-refractivity contribution in [3.8, 4) is 0 Å². The number of non-ortho nitro benzene ring substituents is 1. The van der Waals surface area contributed by atoms with E-state index in [0.29, 0.717) is 5.69 Å². The van der Waals surface area contributed by atoms with Crippen molar-refractivity contribution >= 4 is 17.3 Å². The van der Waals surface area contributed by atoms with Crippen molar-refractivity contribution in [2.24, 2.45) is 7.05 Å². The van der Waals surface area contributed by atoms with Crippen molar-refractivity contribution in [1.29, 1.82) is 0 Å². The van der Waals surface area contributed by atoms with Gasteiger partial charge in [-0.1, -0.05) is 18.9 Å². The summed E-state index contributed by atoms with van der Waals surface area (Å²) in [5, 5.41) is 15.1. The molecule has 1 aliphatic rings. The first-order chi connectivity index (χ1) is 12.0. The maximum Gasteiger partial charge on any atom is 0.278 e. The van der Waals surface area contributed by atoms with Crippen LogP contribution >= 0.6 is 0 Å². The third-order valence-electron chi connectivity index (χ3n) is 4.41. The summed E-state index contributed by atoms with van der Waals surface area (Å²) in [5.41, 5.74) is 0.239. The molecule has 0 N–H and O–H groups in total. The minimum Gasteiger partial charge on any atom is -0.304 e. The summed E-state index contributed by atoms with van der Waals surface area (Å²) < 4.78 is 1.10. The number of carbonyl (C=O) groups is 1. The number of nitro benzene ring substituents is 1. The summed E-state index contributed by atoms with van der Waals surface area (Å²) in [5.74, 6) is -0.358. The second-order valence-corrected chi connectivity index (χ2v) is 6.07. The molecule has 0 spiro atoms. The predicted molar refractivity (Wildman–Crippen MR) is 91.6 cm³/mol. The highest BCUT2D eigenvalue weighted by Crippen LogP contribution is 2.31. The smallest absolute Gasteiger partial charge is 0.278 e. The van der Waals surface area contributed by atoms with Crippen LogP contribution in [0.5, 0.6) is 0 Å². The Morgan fingerprint density at radius 2 is 2.00 bits per heavy atom. The first-order valence-corrected chi connectivity index (χ1v) is 8.10. The number of aryl methyl sites for hydroxylation is 1. The fourth-order valence-electron chi connectivity index (χ4n) is 3.15. The lowest BCUT2D eigenvalue weighted by Crippen LogP contribution is -2.40. The van der Waals surface area contributed by atoms with Gasteiger partial charge in [0, 0.05) is 31.3 Å². The fraction of sp³-hybridized carbons (Fsp3) is 0.353. The summed E-state index contributed by atoms with van der Waals surface area (Å²) in [4.78, 5) is 36.7. The van der Waals surface area contributed by atoms with Crippen molar-refractivity contribution in [2.45, 2.75) is 31.7 Å². The number of aromatic nitrogens is 2. The van der Waals surface area contributed by atoms with Gasteiger partial charge < -0.3 is 4.90 Å². The van der Waals surface area contributed by atoms with Gasteiger partial charge in [-0.15, -0.1) is 0 Å². The molecule has 0 atom stereocenters. The maximum absolute atomic E-state index is 13.1. The molecule has 25 heavy (non-hydrogen) atoms. The van der Waals surface area contributed by atoms with Gasteiger partial charge in [0.15, 0.2) is 0 Å². The summed E-state index contributed by atoms with van der Waals surface area (Å²) >= 11 is 0. The van der Waals surface area contributed by atoms with Crippen LogP contribution in [0.25, 0.3) is 0 Å². The second-order valence-electron chi connectivity index (χ2n) is 6.07. The van der Waals surface area contributed by atoms with Gasteiger partial charge >= 0.3 is 0 Å². The highest BCUT2D eigenvalue weighted by Gasteiger charge is 2.30. The van der Waals surface area contributed by atoms with E-state index in [9.17, 15) is 19.7 Å². The van der Waals surface area contributed by atoms with Crippen LogP contribution in [0.3, 0.4) is 0 Å². The zero-order valence-corrected chi connectivity index (χ0v) is 13.8. The Hall–Kier alpha value is -3.03. The molecule has 3 rings (SSSR count). The average molecular weight is 342 g/mol. The van der Waals surface area contributed by atoms with Gasteiger partial charge in [0.2, 0.25) is 0 Å². The third kappa shape index (κ3) is 3.42. The zero-order valence-electron chi connectivity index (χ0n) is 13.8. The standard InChI is InChI=1S/C17H18N4O4/c1-19-16(22)10-9-15(18-19)17(23)20(12-5-2-3-6-12)13-7-4-8-14(11-13)21(24)25/h4,7-12H,2-3,5-6H2,1H3. The van der Waals surface area contributed by atoms with E-state index in [1.165, 1.54) is 31.3 Å². The van der Waals surface area contributed by atoms with Crippen molar-refractivity contribution in [3.05, 3.63) is 62.6 Å². The zero-order chi connectivity index (χ0) is 18.0. The van der Waals surface area contributed by atoms with E-state index in [1.54, 1.807) is 17.0 Å². The van der Waals surface area contributed by atoms with Crippen molar-refractivity contribution < 1.29 is 9.72 Å². The van der Waals surface area contributed by atoms with Crippen LogP contribution in [0.15, 0.2) is 41.2 Å². The second kappa shape index (κ2) is 6.84. The van der Waals surface area contributed by atoms with Crippen LogP contribution in [0.2, 0.25) is 0 Å². The number of nitrogens with zero attached hydrogens (tertiary/aromatic N) is 4. The highest BCUT2D eigenvalue weighted by molar-refractivity contribution is 6.05. The quantitative estimate of drug-likeness (QED) is 0.627. The molecule has 1 heterocycles. The van der Waals surface area contributed by atoms with E-state index in [1.807, 2.05) is 0 Å². The molecule has 1 aromatic heterocycles. The van der Waals surface area contributed by atoms with E-state index in [2.05, 4.69) is 5.10 Å². The van der Waals surface area contributed by atoms with Crippen molar-refractivity contribution in [1.82, 2.24) is 9.78 Å². The van der Waals surface area contributed by atoms with E-state index in [-0.39, 0.29) is 28.9 Å². The molecule has 0 radical (unpaired) electrons. The van der Waals surface area contributed by atoms with Gasteiger partial charge in [-0.3, -0.25) is 19.7 Å². The van der Waals surface area contributed by atoms with Gasteiger partial charge in [0.1, 0.15) is 5.69 Å². The number of rotatable bonds is 4. The summed E-state index contributed by atoms with van der Waals surface area (Å²) in [6, 6.07) is 8.70. The number of hydrogen-bond acceptors (Lipinski definition) is 5. The molecule has 0 saturated heterocycles. The summed E-state index contributed by atoms with van der Waals surface area (Å²) in [6.07, 6.45) is 3.68. The number of benzene rings is 1. The topological polar surface area (TPSA) is 98.3 Å².